The van der Waals surface area contributed by atoms with Crippen LogP contribution >= 0.6 is 0 Å². The van der Waals surface area contributed by atoms with Crippen LogP contribution in [0.1, 0.15) is 36.7 Å². The van der Waals surface area contributed by atoms with Gasteiger partial charge in [-0.05, 0) is 26.3 Å². The van der Waals surface area contributed by atoms with Gasteiger partial charge in [0, 0.05) is 19.3 Å². The molecule has 1 heterocycles. The maximum Gasteiger partial charge on any atom is 0.234 e. The highest BCUT2D eigenvalue weighted by molar-refractivity contribution is 5.78. The maximum absolute atomic E-state index is 12.0. The normalized spacial score (nSPS) is 12.1. The summed E-state index contributed by atoms with van der Waals surface area (Å²) < 4.78 is 2.06. The van der Waals surface area contributed by atoms with Crippen molar-refractivity contribution in [1.29, 1.82) is 0 Å². The number of carbonyl (C=O) groups is 1. The monoisotopic (exact) mass is 300 g/mol. The third kappa shape index (κ3) is 4.43. The lowest BCUT2D eigenvalue weighted by molar-refractivity contribution is -0.120. The number of hydrogen-bond donors (Lipinski definition) is 2. The molecule has 0 aliphatic carbocycles. The van der Waals surface area contributed by atoms with E-state index in [0.29, 0.717) is 13.1 Å². The van der Waals surface area contributed by atoms with E-state index in [1.165, 1.54) is 5.56 Å². The average Bonchev–Trinajstić information content (AvgIpc) is 2.95. The van der Waals surface area contributed by atoms with Crippen molar-refractivity contribution in [2.45, 2.75) is 39.9 Å². The molecule has 0 spiro atoms. The Balaban J connectivity index is 1.77. The van der Waals surface area contributed by atoms with Crippen LogP contribution in [0.15, 0.2) is 36.8 Å². The number of nitrogens with zero attached hydrogens (tertiary/aromatic N) is 2. The maximum atomic E-state index is 12.0. The van der Waals surface area contributed by atoms with E-state index in [4.69, 9.17) is 0 Å². The van der Waals surface area contributed by atoms with Crippen LogP contribution < -0.4 is 10.6 Å². The van der Waals surface area contributed by atoms with Crippen LogP contribution in [0.2, 0.25) is 0 Å². The highest BCUT2D eigenvalue weighted by Gasteiger charge is 2.09. The standard InChI is InChI=1S/C17H24N4O/c1-4-21-12-19-10-16(21)9-18-11-17(22)20-14(3)15-7-5-13(2)6-8-15/h5-8,10,12,14,18H,4,9,11H2,1-3H3,(H,20,22). The zero-order valence-electron chi connectivity index (χ0n) is 13.5. The molecular weight excluding hydrogens is 276 g/mol. The van der Waals surface area contributed by atoms with Gasteiger partial charge >= 0.3 is 0 Å². The van der Waals surface area contributed by atoms with Gasteiger partial charge in [-0.2, -0.15) is 0 Å². The summed E-state index contributed by atoms with van der Waals surface area (Å²) in [5, 5.41) is 6.16. The molecular formula is C17H24N4O. The highest BCUT2D eigenvalue weighted by Crippen LogP contribution is 2.12. The molecule has 1 aromatic heterocycles. The number of amides is 1. The molecule has 0 fully saturated rings. The summed E-state index contributed by atoms with van der Waals surface area (Å²) in [6.45, 7) is 7.94. The third-order valence-electron chi connectivity index (χ3n) is 3.69. The van der Waals surface area contributed by atoms with Crippen LogP contribution in [-0.4, -0.2) is 22.0 Å². The lowest BCUT2D eigenvalue weighted by Gasteiger charge is -2.15. The summed E-state index contributed by atoms with van der Waals surface area (Å²) in [5.41, 5.74) is 3.42. The second-order valence-corrected chi connectivity index (χ2v) is 5.47. The quantitative estimate of drug-likeness (QED) is 0.824. The Kier molecular flexibility index (Phi) is 5.72. The van der Waals surface area contributed by atoms with Gasteiger partial charge in [0.2, 0.25) is 5.91 Å². The molecule has 0 saturated heterocycles. The van der Waals surface area contributed by atoms with Crippen LogP contribution in [0.3, 0.4) is 0 Å². The average molecular weight is 300 g/mol. The van der Waals surface area contributed by atoms with Gasteiger partial charge in [-0.25, -0.2) is 4.98 Å². The second kappa shape index (κ2) is 7.75. The van der Waals surface area contributed by atoms with E-state index in [0.717, 1.165) is 17.8 Å². The summed E-state index contributed by atoms with van der Waals surface area (Å²) in [6.07, 6.45) is 3.62. The SMILES string of the molecule is CCn1cncc1CNCC(=O)NC(C)c1ccc(C)cc1. The minimum atomic E-state index is -0.00404. The van der Waals surface area contributed by atoms with Gasteiger partial charge in [-0.3, -0.25) is 4.79 Å². The van der Waals surface area contributed by atoms with Gasteiger partial charge in [0.05, 0.1) is 24.6 Å². The lowest BCUT2D eigenvalue weighted by atomic mass is 10.1. The number of carbonyl (C=O) groups excluding carboxylic acids is 1. The minimum Gasteiger partial charge on any atom is -0.348 e. The molecule has 0 aliphatic rings. The Morgan fingerprint density at radius 2 is 2.05 bits per heavy atom. The summed E-state index contributed by atoms with van der Waals surface area (Å²) in [7, 11) is 0. The third-order valence-corrected chi connectivity index (χ3v) is 3.69. The van der Waals surface area contributed by atoms with Crippen molar-refractivity contribution in [3.8, 4) is 0 Å². The van der Waals surface area contributed by atoms with E-state index in [1.807, 2.05) is 25.3 Å². The molecule has 118 valence electrons. The molecule has 0 saturated carbocycles. The molecule has 0 aliphatic heterocycles. The molecule has 5 heteroatoms. The van der Waals surface area contributed by atoms with Crippen LogP contribution in [0.4, 0.5) is 0 Å². The number of hydrogen-bond acceptors (Lipinski definition) is 3. The van der Waals surface area contributed by atoms with E-state index in [1.54, 1.807) is 6.33 Å². The molecule has 0 bridgehead atoms. The Bertz CT molecular complexity index is 603. The van der Waals surface area contributed by atoms with Crippen molar-refractivity contribution in [1.82, 2.24) is 20.2 Å². The fourth-order valence-corrected chi connectivity index (χ4v) is 2.32. The van der Waals surface area contributed by atoms with Crippen LogP contribution in [0, 0.1) is 6.92 Å². The van der Waals surface area contributed by atoms with Gasteiger partial charge in [-0.1, -0.05) is 29.8 Å². The number of nitrogens with one attached hydrogen (secondary N) is 2. The Morgan fingerprint density at radius 1 is 1.32 bits per heavy atom. The Hall–Kier alpha value is -2.14. The predicted molar refractivity (Wildman–Crippen MR) is 87.3 cm³/mol. The Morgan fingerprint density at radius 3 is 2.73 bits per heavy atom. The van der Waals surface area contributed by atoms with Crippen LogP contribution in [-0.2, 0) is 17.9 Å². The number of imidazole rings is 1. The minimum absolute atomic E-state index is 0.00404. The molecule has 22 heavy (non-hydrogen) atoms. The molecule has 2 aromatic rings. The van der Waals surface area contributed by atoms with E-state index in [9.17, 15) is 4.79 Å². The number of aromatic nitrogens is 2. The molecule has 5 nitrogen and oxygen atoms in total. The van der Waals surface area contributed by atoms with E-state index >= 15 is 0 Å². The number of aryl methyl sites for hydroxylation is 2. The van der Waals surface area contributed by atoms with Gasteiger partial charge in [0.25, 0.3) is 0 Å². The van der Waals surface area contributed by atoms with Crippen molar-refractivity contribution in [3.05, 3.63) is 53.6 Å². The zero-order valence-corrected chi connectivity index (χ0v) is 13.5. The molecule has 2 N–H and O–H groups in total. The highest BCUT2D eigenvalue weighted by atomic mass is 16.1. The van der Waals surface area contributed by atoms with Crippen molar-refractivity contribution in [2.75, 3.05) is 6.54 Å². The molecule has 1 atom stereocenters. The molecule has 0 radical (unpaired) electrons. The van der Waals surface area contributed by atoms with Crippen molar-refractivity contribution < 1.29 is 4.79 Å². The van der Waals surface area contributed by atoms with Gasteiger partial charge < -0.3 is 15.2 Å². The molecule has 1 unspecified atom stereocenters. The van der Waals surface area contributed by atoms with Gasteiger partial charge in [-0.15, -0.1) is 0 Å². The van der Waals surface area contributed by atoms with Gasteiger partial charge in [0.1, 0.15) is 0 Å². The van der Waals surface area contributed by atoms with E-state index in [2.05, 4.69) is 46.2 Å². The smallest absolute Gasteiger partial charge is 0.234 e. The molecule has 1 aromatic carbocycles. The topological polar surface area (TPSA) is 59.0 Å². The fourth-order valence-electron chi connectivity index (χ4n) is 2.32. The summed E-state index contributed by atoms with van der Waals surface area (Å²) >= 11 is 0. The van der Waals surface area contributed by atoms with Crippen LogP contribution in [0.25, 0.3) is 0 Å². The van der Waals surface area contributed by atoms with Gasteiger partial charge in [0.15, 0.2) is 0 Å². The first-order chi connectivity index (χ1) is 10.6. The summed E-state index contributed by atoms with van der Waals surface area (Å²) in [5.74, 6) is -0.00404. The zero-order chi connectivity index (χ0) is 15.9. The first kappa shape index (κ1) is 16.2. The van der Waals surface area contributed by atoms with Crippen LogP contribution in [0.5, 0.6) is 0 Å². The van der Waals surface area contributed by atoms with Crippen molar-refractivity contribution in [2.24, 2.45) is 0 Å². The predicted octanol–water partition coefficient (Wildman–Crippen LogP) is 2.18. The second-order valence-electron chi connectivity index (χ2n) is 5.47. The summed E-state index contributed by atoms with van der Waals surface area (Å²) in [6, 6.07) is 8.22. The van der Waals surface area contributed by atoms with Crippen molar-refractivity contribution >= 4 is 5.91 Å². The summed E-state index contributed by atoms with van der Waals surface area (Å²) in [4.78, 5) is 16.1. The first-order valence-electron chi connectivity index (χ1n) is 7.65. The number of rotatable bonds is 7. The fraction of sp³-hybridized carbons (Fsp3) is 0.412. The lowest BCUT2D eigenvalue weighted by Crippen LogP contribution is -2.35. The van der Waals surface area contributed by atoms with E-state index in [-0.39, 0.29) is 11.9 Å². The van der Waals surface area contributed by atoms with E-state index < -0.39 is 0 Å². The Labute approximate surface area is 131 Å². The molecule has 2 rings (SSSR count). The van der Waals surface area contributed by atoms with Crippen molar-refractivity contribution in [3.63, 3.8) is 0 Å². The first-order valence-corrected chi connectivity index (χ1v) is 7.65. The molecule has 1 amide bonds. The largest absolute Gasteiger partial charge is 0.348 e. The number of benzene rings is 1.